The van der Waals surface area contributed by atoms with Gasteiger partial charge in [0.2, 0.25) is 11.4 Å². The number of hydrogen-bond acceptors (Lipinski definition) is 5. The molecular weight excluding hydrogens is 520 g/mol. The van der Waals surface area contributed by atoms with Crippen molar-refractivity contribution in [1.82, 2.24) is 24.6 Å². The van der Waals surface area contributed by atoms with Crippen molar-refractivity contribution in [2.24, 2.45) is 7.05 Å². The minimum absolute atomic E-state index is 0.104. The van der Waals surface area contributed by atoms with Crippen molar-refractivity contribution in [3.05, 3.63) is 83.2 Å². The Kier molecular flexibility index (Phi) is 4.87. The first kappa shape index (κ1) is 21.3. The second kappa shape index (κ2) is 9.58. The molecule has 42 heavy (non-hydrogen) atoms. The number of rotatable bonds is 3. The van der Waals surface area contributed by atoms with E-state index in [2.05, 4.69) is 5.10 Å². The number of fused-ring (bicyclic) bond motifs is 3. The Hall–Kier alpha value is -4.39. The second-order valence-corrected chi connectivity index (χ2v) is 13.0. The molecule has 0 saturated heterocycles. The van der Waals surface area contributed by atoms with Gasteiger partial charge in [0.15, 0.2) is 17.6 Å². The third-order valence-corrected chi connectivity index (χ3v) is 7.46. The Morgan fingerprint density at radius 2 is 1.45 bits per heavy atom. The highest BCUT2D eigenvalue weighted by atomic mass is 16.3. The first-order chi connectivity index (χ1) is 22.1. The number of aryl methyl sites for hydroxylation is 4. The van der Waals surface area contributed by atoms with Crippen molar-refractivity contribution in [2.75, 3.05) is 0 Å². The monoisotopic (exact) mass is 565 g/mol. The minimum atomic E-state index is -2.67. The van der Waals surface area contributed by atoms with E-state index >= 15 is 0 Å². The van der Waals surface area contributed by atoms with E-state index in [0.29, 0.717) is 39.8 Å². The van der Waals surface area contributed by atoms with Crippen molar-refractivity contribution in [1.29, 1.82) is 0 Å². The van der Waals surface area contributed by atoms with Crippen LogP contribution in [0.4, 0.5) is 0 Å². The summed E-state index contributed by atoms with van der Waals surface area (Å²) in [5.74, 6) is 1.29. The molecule has 4 aromatic heterocycles. The maximum absolute atomic E-state index is 8.62. The van der Waals surface area contributed by atoms with Gasteiger partial charge in [0.05, 0.1) is 11.8 Å². The lowest BCUT2D eigenvalue weighted by Crippen LogP contribution is -2.30. The van der Waals surface area contributed by atoms with E-state index in [0.717, 1.165) is 16.6 Å². The average molecular weight is 566 g/mol. The van der Waals surface area contributed by atoms with Gasteiger partial charge >= 0.3 is 0 Å². The lowest BCUT2D eigenvalue weighted by molar-refractivity contribution is -0.660. The Morgan fingerprint density at radius 3 is 2.07 bits per heavy atom. The lowest BCUT2D eigenvalue weighted by Gasteiger charge is -2.23. The van der Waals surface area contributed by atoms with Crippen LogP contribution in [-0.4, -0.2) is 24.6 Å². The van der Waals surface area contributed by atoms with Gasteiger partial charge in [-0.05, 0) is 66.6 Å². The highest BCUT2D eigenvalue weighted by molar-refractivity contribution is 5.93. The van der Waals surface area contributed by atoms with Gasteiger partial charge in [-0.15, -0.1) is 0 Å². The highest BCUT2D eigenvalue weighted by Crippen LogP contribution is 2.37. The summed E-state index contributed by atoms with van der Waals surface area (Å²) in [6.45, 7) is 8.54. The Balaban J connectivity index is 1.65. The molecule has 0 unspecified atom stereocenters. The van der Waals surface area contributed by atoms with E-state index in [1.807, 2.05) is 78.3 Å². The molecule has 7 nitrogen and oxygen atoms in total. The van der Waals surface area contributed by atoms with E-state index in [1.54, 1.807) is 29.0 Å². The van der Waals surface area contributed by atoms with Crippen LogP contribution in [-0.2, 0) is 17.9 Å². The number of nitrogens with zero attached hydrogens (tertiary/aromatic N) is 6. The smallest absolute Gasteiger partial charge is 0.222 e. The van der Waals surface area contributed by atoms with E-state index in [9.17, 15) is 0 Å². The molecule has 0 saturated carbocycles. The molecule has 0 amide bonds. The normalized spacial score (nSPS) is 15.2. The maximum atomic E-state index is 8.62. The molecular formula is C35H39N6O+. The fourth-order valence-corrected chi connectivity index (χ4v) is 5.14. The van der Waals surface area contributed by atoms with Gasteiger partial charge in [0, 0.05) is 42.8 Å². The Bertz CT molecular complexity index is 2150. The standard InChI is InChI=1S/C35H39N6O/c1-20-11-12-25-30(42-27-13-15-36-41(25)27)29(20)26-19-23(14-16-40(26)10)28-21(2)17-24(18-22(28)3)31-37-32(34(4,5)6)39-33(38-31)35(7,8)9/h11-19H,1-10H3/q+1/i2D3,3D3. The minimum Gasteiger partial charge on any atom is -0.436 e. The molecule has 0 atom stereocenters. The lowest BCUT2D eigenvalue weighted by atomic mass is 9.91. The van der Waals surface area contributed by atoms with Crippen LogP contribution in [0.5, 0.6) is 0 Å². The molecule has 0 radical (unpaired) electrons. The van der Waals surface area contributed by atoms with Crippen molar-refractivity contribution in [3.63, 3.8) is 0 Å². The first-order valence-corrected chi connectivity index (χ1v) is 14.0. The first-order valence-electron chi connectivity index (χ1n) is 17.0. The fourth-order valence-electron chi connectivity index (χ4n) is 5.14. The van der Waals surface area contributed by atoms with Crippen molar-refractivity contribution < 1.29 is 17.2 Å². The van der Waals surface area contributed by atoms with E-state index in [1.165, 1.54) is 12.1 Å². The molecule has 0 fully saturated rings. The molecule has 6 aromatic rings. The summed E-state index contributed by atoms with van der Waals surface area (Å²) < 4.78 is 61.6. The molecule has 214 valence electrons. The largest absolute Gasteiger partial charge is 0.436 e. The second-order valence-electron chi connectivity index (χ2n) is 13.0. The number of oxazole rings is 1. The third kappa shape index (κ3) is 4.67. The van der Waals surface area contributed by atoms with Crippen LogP contribution in [0.15, 0.2) is 59.3 Å². The third-order valence-electron chi connectivity index (χ3n) is 7.46. The highest BCUT2D eigenvalue weighted by Gasteiger charge is 2.26. The van der Waals surface area contributed by atoms with E-state index < -0.39 is 24.5 Å². The molecule has 0 aliphatic carbocycles. The molecule has 0 spiro atoms. The molecule has 0 aliphatic heterocycles. The van der Waals surface area contributed by atoms with Crippen molar-refractivity contribution >= 4 is 16.8 Å². The summed E-state index contributed by atoms with van der Waals surface area (Å²) in [5.41, 5.74) is 4.20. The summed E-state index contributed by atoms with van der Waals surface area (Å²) >= 11 is 0. The quantitative estimate of drug-likeness (QED) is 0.207. The van der Waals surface area contributed by atoms with Crippen molar-refractivity contribution in [3.8, 4) is 33.8 Å². The SMILES string of the molecule is [2H]C([2H])([2H])c1cc(-c2nc(C(C)(C)C)nc(C(C)(C)C)n2)cc(C([2H])([2H])[2H])c1-c1cc[n+](C)c(-c2c(C)ccc3c2oc2ccnn23)c1. The van der Waals surface area contributed by atoms with Crippen LogP contribution in [0.1, 0.15) is 78.1 Å². The van der Waals surface area contributed by atoms with E-state index in [-0.39, 0.29) is 22.5 Å². The van der Waals surface area contributed by atoms with Gasteiger partial charge in [0.25, 0.3) is 0 Å². The van der Waals surface area contributed by atoms with Crippen LogP contribution in [0.3, 0.4) is 0 Å². The molecule has 0 N–H and O–H groups in total. The van der Waals surface area contributed by atoms with Crippen molar-refractivity contribution in [2.45, 2.75) is 73.0 Å². The summed E-state index contributed by atoms with van der Waals surface area (Å²) in [6, 6.07) is 12.3. The van der Waals surface area contributed by atoms with Crippen LogP contribution < -0.4 is 4.57 Å². The molecule has 6 rings (SSSR count). The molecule has 4 heterocycles. The van der Waals surface area contributed by atoms with Crippen LogP contribution in [0.2, 0.25) is 0 Å². The van der Waals surface area contributed by atoms with Gasteiger partial charge in [-0.3, -0.25) is 0 Å². The number of aromatic nitrogens is 6. The Morgan fingerprint density at radius 1 is 0.786 bits per heavy atom. The summed E-state index contributed by atoms with van der Waals surface area (Å²) in [5, 5.41) is 4.38. The molecule has 0 bridgehead atoms. The van der Waals surface area contributed by atoms with Crippen LogP contribution >= 0.6 is 0 Å². The van der Waals surface area contributed by atoms with Crippen LogP contribution in [0, 0.1) is 20.6 Å². The van der Waals surface area contributed by atoms with Gasteiger partial charge in [0.1, 0.15) is 24.2 Å². The Labute approximate surface area is 255 Å². The number of pyridine rings is 1. The zero-order valence-corrected chi connectivity index (χ0v) is 25.3. The molecule has 2 aromatic carbocycles. The average Bonchev–Trinajstić information content (AvgIpc) is 3.57. The predicted octanol–water partition coefficient (Wildman–Crippen LogP) is 7.61. The van der Waals surface area contributed by atoms with Gasteiger partial charge in [-0.1, -0.05) is 47.6 Å². The fraction of sp³-hybridized carbons (Fsp3) is 0.343. The summed E-state index contributed by atoms with van der Waals surface area (Å²) in [6.07, 6.45) is 3.47. The van der Waals surface area contributed by atoms with Gasteiger partial charge < -0.3 is 4.42 Å². The zero-order valence-electron chi connectivity index (χ0n) is 31.3. The van der Waals surface area contributed by atoms with Crippen LogP contribution in [0.25, 0.3) is 50.6 Å². The predicted molar refractivity (Wildman–Crippen MR) is 167 cm³/mol. The summed E-state index contributed by atoms with van der Waals surface area (Å²) in [4.78, 5) is 14.2. The zero-order chi connectivity index (χ0) is 35.1. The topological polar surface area (TPSA) is 73.0 Å². The maximum Gasteiger partial charge on any atom is 0.222 e. The van der Waals surface area contributed by atoms with E-state index in [4.69, 9.17) is 27.6 Å². The van der Waals surface area contributed by atoms with Gasteiger partial charge in [-0.2, -0.15) is 9.61 Å². The molecule has 0 aliphatic rings. The number of hydrogen-bond donors (Lipinski definition) is 0. The molecule has 7 heteroatoms. The van der Waals surface area contributed by atoms with Gasteiger partial charge in [-0.25, -0.2) is 19.5 Å². The number of benzene rings is 2. The summed E-state index contributed by atoms with van der Waals surface area (Å²) in [7, 11) is 1.88.